The third-order valence-electron chi connectivity index (χ3n) is 2.59. The summed E-state index contributed by atoms with van der Waals surface area (Å²) in [4.78, 5) is 12.1. The van der Waals surface area contributed by atoms with Gasteiger partial charge in [-0.2, -0.15) is 0 Å². The zero-order valence-electron chi connectivity index (χ0n) is 10.2. The van der Waals surface area contributed by atoms with Gasteiger partial charge in [0.15, 0.2) is 0 Å². The van der Waals surface area contributed by atoms with E-state index in [-0.39, 0.29) is 6.01 Å². The molecule has 0 saturated carbocycles. The minimum Gasteiger partial charge on any atom is -0.408 e. The highest BCUT2D eigenvalue weighted by atomic mass is 16.4. The number of carbonyl (C=O) groups is 1. The summed E-state index contributed by atoms with van der Waals surface area (Å²) in [6, 6.07) is 9.13. The zero-order chi connectivity index (χ0) is 13.2. The molecule has 1 atom stereocenters. The van der Waals surface area contributed by atoms with Crippen molar-refractivity contribution in [2.24, 2.45) is 5.73 Å². The molecule has 2 aromatic rings. The van der Waals surface area contributed by atoms with E-state index < -0.39 is 11.4 Å². The summed E-state index contributed by atoms with van der Waals surface area (Å²) in [6.45, 7) is 3.27. The molecule has 0 saturated heterocycles. The van der Waals surface area contributed by atoms with Crippen molar-refractivity contribution in [3.05, 3.63) is 41.8 Å². The third-order valence-corrected chi connectivity index (χ3v) is 2.59. The van der Waals surface area contributed by atoms with Crippen molar-refractivity contribution in [2.45, 2.75) is 19.4 Å². The summed E-state index contributed by atoms with van der Waals surface area (Å²) in [5.41, 5.74) is 5.58. The van der Waals surface area contributed by atoms with E-state index in [1.807, 2.05) is 18.2 Å². The number of carbonyl (C=O) groups excluding carboxylic acids is 1. The number of nitrogens with two attached hydrogens (primary N) is 1. The predicted molar refractivity (Wildman–Crippen MR) is 65.6 cm³/mol. The lowest BCUT2D eigenvalue weighted by atomic mass is 9.92. The van der Waals surface area contributed by atoms with Gasteiger partial charge in [-0.15, -0.1) is 5.10 Å². The van der Waals surface area contributed by atoms with Gasteiger partial charge in [-0.05, 0) is 12.5 Å². The smallest absolute Gasteiger partial charge is 0.322 e. The quantitative estimate of drug-likeness (QED) is 0.848. The van der Waals surface area contributed by atoms with Crippen molar-refractivity contribution < 1.29 is 9.21 Å². The maximum Gasteiger partial charge on any atom is 0.322 e. The van der Waals surface area contributed by atoms with Crippen LogP contribution in [0.5, 0.6) is 0 Å². The first-order valence-electron chi connectivity index (χ1n) is 5.46. The highest BCUT2D eigenvalue weighted by Crippen LogP contribution is 2.19. The molecule has 1 aromatic heterocycles. The van der Waals surface area contributed by atoms with Crippen molar-refractivity contribution in [3.8, 4) is 0 Å². The Morgan fingerprint density at radius 2 is 2.00 bits per heavy atom. The van der Waals surface area contributed by atoms with Crippen LogP contribution in [0.3, 0.4) is 0 Å². The molecule has 0 bridgehead atoms. The number of nitrogens with one attached hydrogen (secondary N) is 1. The first-order chi connectivity index (χ1) is 8.50. The van der Waals surface area contributed by atoms with E-state index in [2.05, 4.69) is 15.5 Å². The second-order valence-electron chi connectivity index (χ2n) is 4.15. The molecule has 0 aliphatic carbocycles. The van der Waals surface area contributed by atoms with Crippen LogP contribution in [0.2, 0.25) is 0 Å². The summed E-state index contributed by atoms with van der Waals surface area (Å²) >= 11 is 0. The molecule has 3 N–H and O–H groups in total. The van der Waals surface area contributed by atoms with Crippen LogP contribution in [-0.2, 0) is 10.3 Å². The summed E-state index contributed by atoms with van der Waals surface area (Å²) in [7, 11) is 0. The highest BCUT2D eigenvalue weighted by Gasteiger charge is 2.31. The van der Waals surface area contributed by atoms with Gasteiger partial charge in [-0.3, -0.25) is 10.1 Å². The number of hydrogen-bond donors (Lipinski definition) is 2. The number of aromatic nitrogens is 2. The second-order valence-corrected chi connectivity index (χ2v) is 4.15. The molecular weight excluding hydrogens is 232 g/mol. The Balaban J connectivity index is 2.18. The van der Waals surface area contributed by atoms with Crippen molar-refractivity contribution in [1.29, 1.82) is 0 Å². The van der Waals surface area contributed by atoms with Gasteiger partial charge in [0.1, 0.15) is 5.54 Å². The van der Waals surface area contributed by atoms with E-state index in [9.17, 15) is 4.79 Å². The van der Waals surface area contributed by atoms with Gasteiger partial charge in [-0.1, -0.05) is 35.4 Å². The zero-order valence-corrected chi connectivity index (χ0v) is 10.2. The lowest BCUT2D eigenvalue weighted by Crippen LogP contribution is -2.45. The van der Waals surface area contributed by atoms with Crippen LogP contribution in [0.4, 0.5) is 6.01 Å². The van der Waals surface area contributed by atoms with E-state index in [1.165, 1.54) is 0 Å². The van der Waals surface area contributed by atoms with Crippen LogP contribution in [0.1, 0.15) is 18.4 Å². The van der Waals surface area contributed by atoms with Crippen molar-refractivity contribution >= 4 is 11.9 Å². The molecular formula is C12H14N4O2. The number of hydrogen-bond acceptors (Lipinski definition) is 5. The first kappa shape index (κ1) is 12.3. The highest BCUT2D eigenvalue weighted by molar-refractivity contribution is 5.96. The van der Waals surface area contributed by atoms with Gasteiger partial charge in [0, 0.05) is 6.92 Å². The van der Waals surface area contributed by atoms with Crippen molar-refractivity contribution in [1.82, 2.24) is 10.2 Å². The van der Waals surface area contributed by atoms with Gasteiger partial charge in [-0.25, -0.2) is 0 Å². The fraction of sp³-hybridized carbons (Fsp3) is 0.250. The third kappa shape index (κ3) is 2.38. The van der Waals surface area contributed by atoms with Crippen LogP contribution in [0, 0.1) is 6.92 Å². The molecule has 0 spiro atoms. The molecule has 6 nitrogen and oxygen atoms in total. The van der Waals surface area contributed by atoms with Crippen LogP contribution in [0.25, 0.3) is 0 Å². The van der Waals surface area contributed by atoms with E-state index in [0.29, 0.717) is 11.5 Å². The first-order valence-corrected chi connectivity index (χ1v) is 5.46. The van der Waals surface area contributed by atoms with E-state index >= 15 is 0 Å². The van der Waals surface area contributed by atoms with Crippen LogP contribution >= 0.6 is 0 Å². The molecule has 1 aromatic carbocycles. The Morgan fingerprint density at radius 3 is 2.56 bits per heavy atom. The van der Waals surface area contributed by atoms with Gasteiger partial charge >= 0.3 is 6.01 Å². The number of rotatable bonds is 3. The molecule has 2 rings (SSSR count). The largest absolute Gasteiger partial charge is 0.408 e. The fourth-order valence-electron chi connectivity index (χ4n) is 1.49. The normalized spacial score (nSPS) is 13.9. The molecule has 0 aliphatic rings. The number of benzene rings is 1. The average molecular weight is 246 g/mol. The van der Waals surface area contributed by atoms with E-state index in [0.717, 1.165) is 0 Å². The summed E-state index contributed by atoms with van der Waals surface area (Å²) < 4.78 is 5.08. The Morgan fingerprint density at radius 1 is 1.33 bits per heavy atom. The van der Waals surface area contributed by atoms with Crippen molar-refractivity contribution in [3.63, 3.8) is 0 Å². The number of amides is 1. The predicted octanol–water partition coefficient (Wildman–Crippen LogP) is 1.19. The number of aryl methyl sites for hydroxylation is 1. The maximum atomic E-state index is 12.1. The van der Waals surface area contributed by atoms with Gasteiger partial charge in [0.25, 0.3) is 5.91 Å². The van der Waals surface area contributed by atoms with Crippen molar-refractivity contribution in [2.75, 3.05) is 5.32 Å². The van der Waals surface area contributed by atoms with Gasteiger partial charge in [0.05, 0.1) is 0 Å². The van der Waals surface area contributed by atoms with Crippen LogP contribution in [-0.4, -0.2) is 16.1 Å². The lowest BCUT2D eigenvalue weighted by Gasteiger charge is -2.22. The average Bonchev–Trinajstić information content (AvgIpc) is 2.76. The Labute approximate surface area is 104 Å². The summed E-state index contributed by atoms with van der Waals surface area (Å²) in [5.74, 6) is -0.0268. The second kappa shape index (κ2) is 4.58. The summed E-state index contributed by atoms with van der Waals surface area (Å²) in [5, 5.41) is 9.81. The van der Waals surface area contributed by atoms with E-state index in [1.54, 1.807) is 26.0 Å². The molecule has 1 heterocycles. The fourth-order valence-corrected chi connectivity index (χ4v) is 1.49. The Kier molecular flexibility index (Phi) is 3.12. The maximum absolute atomic E-state index is 12.1. The SMILES string of the molecule is Cc1nnc(NC(=O)C(C)(N)c2ccccc2)o1. The number of anilines is 1. The number of nitrogens with zero attached hydrogens (tertiary/aromatic N) is 2. The minimum absolute atomic E-state index is 0.0464. The van der Waals surface area contributed by atoms with Crippen LogP contribution < -0.4 is 11.1 Å². The van der Waals surface area contributed by atoms with Crippen LogP contribution in [0.15, 0.2) is 34.7 Å². The van der Waals surface area contributed by atoms with E-state index in [4.69, 9.17) is 10.2 Å². The molecule has 1 amide bonds. The molecule has 6 heteroatoms. The standard InChI is InChI=1S/C12H14N4O2/c1-8-15-16-11(18-8)14-10(17)12(2,13)9-6-4-3-5-7-9/h3-7H,13H2,1-2H3,(H,14,16,17). The Hall–Kier alpha value is -2.21. The molecule has 18 heavy (non-hydrogen) atoms. The van der Waals surface area contributed by atoms with Gasteiger partial charge in [0.2, 0.25) is 5.89 Å². The topological polar surface area (TPSA) is 94.0 Å². The lowest BCUT2D eigenvalue weighted by molar-refractivity contribution is -0.121. The monoisotopic (exact) mass is 246 g/mol. The molecule has 0 aliphatic heterocycles. The summed E-state index contributed by atoms with van der Waals surface area (Å²) in [6.07, 6.45) is 0. The molecule has 0 radical (unpaired) electrons. The molecule has 0 fully saturated rings. The molecule has 94 valence electrons. The van der Waals surface area contributed by atoms with Gasteiger partial charge < -0.3 is 10.2 Å². The minimum atomic E-state index is -1.16. The molecule has 1 unspecified atom stereocenters. The Bertz CT molecular complexity index is 548.